The number of methoxy groups -OCH3 is 1. The summed E-state index contributed by atoms with van der Waals surface area (Å²) in [5, 5.41) is 9.14. The molecule has 4 heteroatoms. The van der Waals surface area contributed by atoms with Gasteiger partial charge in [0.2, 0.25) is 0 Å². The molecule has 1 aliphatic carbocycles. The van der Waals surface area contributed by atoms with Gasteiger partial charge >= 0.3 is 5.97 Å². The van der Waals surface area contributed by atoms with E-state index in [2.05, 4.69) is 0 Å². The molecule has 1 saturated carbocycles. The van der Waals surface area contributed by atoms with Gasteiger partial charge in [-0.3, -0.25) is 0 Å². The second kappa shape index (κ2) is 5.48. The molecule has 0 atom stereocenters. The molecule has 0 radical (unpaired) electrons. The lowest BCUT2D eigenvalue weighted by Crippen LogP contribution is -1.99. The Kier molecular flexibility index (Phi) is 3.52. The molecular weight excluding hydrogens is 268 g/mol. The average molecular weight is 284 g/mol. The van der Waals surface area contributed by atoms with Crippen LogP contribution in [0, 0.1) is 0 Å². The topological polar surface area (TPSA) is 55.8 Å². The molecule has 0 saturated heterocycles. The summed E-state index contributed by atoms with van der Waals surface area (Å²) in [6.07, 6.45) is 2.52. The Morgan fingerprint density at radius 3 is 2.67 bits per heavy atom. The summed E-state index contributed by atoms with van der Waals surface area (Å²) in [4.78, 5) is 11.1. The van der Waals surface area contributed by atoms with E-state index in [-0.39, 0.29) is 5.56 Å². The van der Waals surface area contributed by atoms with Crippen LogP contribution in [0.3, 0.4) is 0 Å². The molecular formula is C17H16O4. The molecule has 2 aromatic rings. The fourth-order valence-electron chi connectivity index (χ4n) is 2.18. The van der Waals surface area contributed by atoms with Gasteiger partial charge in [0.25, 0.3) is 0 Å². The lowest BCUT2D eigenvalue weighted by molar-refractivity contribution is 0.0697. The minimum absolute atomic E-state index is 0.235. The summed E-state index contributed by atoms with van der Waals surface area (Å²) in [6, 6.07) is 12.5. The van der Waals surface area contributed by atoms with E-state index in [9.17, 15) is 4.79 Å². The largest absolute Gasteiger partial charge is 0.496 e. The number of carboxylic acid groups (broad SMARTS) is 1. The SMILES string of the molecule is COc1ccc(C(=O)O)cc1-c1cccc(OC2CC2)c1. The Balaban J connectivity index is 2.01. The molecule has 1 N–H and O–H groups in total. The van der Waals surface area contributed by atoms with Crippen LogP contribution >= 0.6 is 0 Å². The molecule has 0 amide bonds. The second-order valence-electron chi connectivity index (χ2n) is 5.07. The van der Waals surface area contributed by atoms with Gasteiger partial charge in [-0.15, -0.1) is 0 Å². The normalized spacial score (nSPS) is 13.8. The Hall–Kier alpha value is -2.49. The van der Waals surface area contributed by atoms with Crippen molar-refractivity contribution in [2.75, 3.05) is 7.11 Å². The van der Waals surface area contributed by atoms with Crippen LogP contribution in [0.15, 0.2) is 42.5 Å². The maximum Gasteiger partial charge on any atom is 0.335 e. The van der Waals surface area contributed by atoms with Crippen LogP contribution in [0.1, 0.15) is 23.2 Å². The van der Waals surface area contributed by atoms with Gasteiger partial charge in [0.15, 0.2) is 0 Å². The third kappa shape index (κ3) is 2.99. The number of hydrogen-bond acceptors (Lipinski definition) is 3. The molecule has 0 bridgehead atoms. The molecule has 4 nitrogen and oxygen atoms in total. The van der Waals surface area contributed by atoms with Crippen LogP contribution in [-0.4, -0.2) is 24.3 Å². The van der Waals surface area contributed by atoms with E-state index in [0.29, 0.717) is 11.9 Å². The highest BCUT2D eigenvalue weighted by Crippen LogP contribution is 2.34. The van der Waals surface area contributed by atoms with E-state index >= 15 is 0 Å². The number of carbonyl (C=O) groups is 1. The van der Waals surface area contributed by atoms with Gasteiger partial charge in [-0.05, 0) is 48.7 Å². The van der Waals surface area contributed by atoms with E-state index in [0.717, 1.165) is 29.7 Å². The van der Waals surface area contributed by atoms with Crippen molar-refractivity contribution in [3.8, 4) is 22.6 Å². The quantitative estimate of drug-likeness (QED) is 0.911. The van der Waals surface area contributed by atoms with Gasteiger partial charge in [-0.1, -0.05) is 12.1 Å². The highest BCUT2D eigenvalue weighted by atomic mass is 16.5. The average Bonchev–Trinajstić information content (AvgIpc) is 3.30. The summed E-state index contributed by atoms with van der Waals surface area (Å²) < 4.78 is 11.1. The third-order valence-electron chi connectivity index (χ3n) is 3.42. The summed E-state index contributed by atoms with van der Waals surface area (Å²) in [5.41, 5.74) is 1.87. The van der Waals surface area contributed by atoms with Gasteiger partial charge in [0, 0.05) is 5.56 Å². The molecule has 0 heterocycles. The minimum atomic E-state index is -0.954. The van der Waals surface area contributed by atoms with Gasteiger partial charge in [0.05, 0.1) is 18.8 Å². The summed E-state index contributed by atoms with van der Waals surface area (Å²) >= 11 is 0. The van der Waals surface area contributed by atoms with Crippen molar-refractivity contribution in [1.82, 2.24) is 0 Å². The van der Waals surface area contributed by atoms with Crippen molar-refractivity contribution in [1.29, 1.82) is 0 Å². The predicted octanol–water partition coefficient (Wildman–Crippen LogP) is 3.60. The van der Waals surface area contributed by atoms with Crippen LogP contribution < -0.4 is 9.47 Å². The smallest absolute Gasteiger partial charge is 0.335 e. The Labute approximate surface area is 122 Å². The first kappa shape index (κ1) is 13.5. The number of carboxylic acids is 1. The highest BCUT2D eigenvalue weighted by molar-refractivity contribution is 5.90. The fraction of sp³-hybridized carbons (Fsp3) is 0.235. The lowest BCUT2D eigenvalue weighted by Gasteiger charge is -2.11. The van der Waals surface area contributed by atoms with Crippen molar-refractivity contribution in [3.63, 3.8) is 0 Å². The molecule has 0 aliphatic heterocycles. The Morgan fingerprint density at radius 1 is 1.19 bits per heavy atom. The zero-order chi connectivity index (χ0) is 14.8. The van der Waals surface area contributed by atoms with E-state index < -0.39 is 5.97 Å². The predicted molar refractivity (Wildman–Crippen MR) is 79.0 cm³/mol. The summed E-state index contributed by atoms with van der Waals surface area (Å²) in [6.45, 7) is 0. The first-order chi connectivity index (χ1) is 10.2. The van der Waals surface area contributed by atoms with E-state index in [1.54, 1.807) is 19.2 Å². The van der Waals surface area contributed by atoms with Crippen LogP contribution in [-0.2, 0) is 0 Å². The third-order valence-corrected chi connectivity index (χ3v) is 3.42. The van der Waals surface area contributed by atoms with Crippen molar-refractivity contribution in [3.05, 3.63) is 48.0 Å². The molecule has 3 rings (SSSR count). The first-order valence-corrected chi connectivity index (χ1v) is 6.86. The molecule has 0 spiro atoms. The number of benzene rings is 2. The highest BCUT2D eigenvalue weighted by Gasteiger charge is 2.23. The second-order valence-corrected chi connectivity index (χ2v) is 5.07. The molecule has 108 valence electrons. The van der Waals surface area contributed by atoms with Crippen LogP contribution in [0.5, 0.6) is 11.5 Å². The maximum absolute atomic E-state index is 11.1. The minimum Gasteiger partial charge on any atom is -0.496 e. The Morgan fingerprint density at radius 2 is 2.00 bits per heavy atom. The molecule has 21 heavy (non-hydrogen) atoms. The molecule has 2 aromatic carbocycles. The fourth-order valence-corrected chi connectivity index (χ4v) is 2.18. The zero-order valence-electron chi connectivity index (χ0n) is 11.7. The number of ether oxygens (including phenoxy) is 2. The van der Waals surface area contributed by atoms with Crippen molar-refractivity contribution >= 4 is 5.97 Å². The molecule has 0 unspecified atom stereocenters. The van der Waals surface area contributed by atoms with Crippen molar-refractivity contribution in [2.45, 2.75) is 18.9 Å². The monoisotopic (exact) mass is 284 g/mol. The standard InChI is InChI=1S/C17H16O4/c1-20-16-8-5-12(17(18)19)10-15(16)11-3-2-4-14(9-11)21-13-6-7-13/h2-5,8-10,13H,6-7H2,1H3,(H,18,19). The lowest BCUT2D eigenvalue weighted by atomic mass is 10.0. The van der Waals surface area contributed by atoms with Crippen molar-refractivity contribution in [2.24, 2.45) is 0 Å². The molecule has 0 aromatic heterocycles. The number of hydrogen-bond donors (Lipinski definition) is 1. The van der Waals surface area contributed by atoms with Gasteiger partial charge in [0.1, 0.15) is 11.5 Å². The maximum atomic E-state index is 11.1. The van der Waals surface area contributed by atoms with E-state index in [1.165, 1.54) is 6.07 Å². The number of rotatable bonds is 5. The first-order valence-electron chi connectivity index (χ1n) is 6.86. The molecule has 1 aliphatic rings. The van der Waals surface area contributed by atoms with Gasteiger partial charge < -0.3 is 14.6 Å². The van der Waals surface area contributed by atoms with Gasteiger partial charge in [-0.25, -0.2) is 4.79 Å². The number of aromatic carboxylic acids is 1. The van der Waals surface area contributed by atoms with E-state index in [4.69, 9.17) is 14.6 Å². The van der Waals surface area contributed by atoms with Gasteiger partial charge in [-0.2, -0.15) is 0 Å². The Bertz CT molecular complexity index is 674. The molecule has 1 fully saturated rings. The van der Waals surface area contributed by atoms with Crippen molar-refractivity contribution < 1.29 is 19.4 Å². The van der Waals surface area contributed by atoms with E-state index in [1.807, 2.05) is 24.3 Å². The van der Waals surface area contributed by atoms with Crippen LogP contribution in [0.25, 0.3) is 11.1 Å². The summed E-state index contributed by atoms with van der Waals surface area (Å²) in [7, 11) is 1.57. The van der Waals surface area contributed by atoms with Crippen LogP contribution in [0.2, 0.25) is 0 Å². The van der Waals surface area contributed by atoms with Crippen LogP contribution in [0.4, 0.5) is 0 Å². The summed E-state index contributed by atoms with van der Waals surface area (Å²) in [5.74, 6) is 0.491. The zero-order valence-corrected chi connectivity index (χ0v) is 11.7.